The van der Waals surface area contributed by atoms with Gasteiger partial charge in [0.2, 0.25) is 5.91 Å². The molecule has 0 aliphatic carbocycles. The van der Waals surface area contributed by atoms with Gasteiger partial charge in [-0.3, -0.25) is 14.5 Å². The van der Waals surface area contributed by atoms with E-state index in [9.17, 15) is 18.8 Å². The Morgan fingerprint density at radius 1 is 0.875 bits per heavy atom. The number of benzene rings is 4. The quantitative estimate of drug-likeness (QED) is 0.299. The van der Waals surface area contributed by atoms with Gasteiger partial charge in [0.1, 0.15) is 5.82 Å². The third-order valence-electron chi connectivity index (χ3n) is 6.68. The number of aryl methyl sites for hydroxylation is 1. The second-order valence-corrected chi connectivity index (χ2v) is 9.66. The number of hydrogen-bond donors (Lipinski definition) is 2. The van der Waals surface area contributed by atoms with Crippen molar-refractivity contribution in [2.45, 2.75) is 32.2 Å². The Labute approximate surface area is 231 Å². The fourth-order valence-electron chi connectivity index (χ4n) is 4.67. The van der Waals surface area contributed by atoms with Gasteiger partial charge in [0.05, 0.1) is 6.54 Å². The first-order chi connectivity index (χ1) is 19.4. The molecule has 1 saturated heterocycles. The lowest BCUT2D eigenvalue weighted by molar-refractivity contribution is -0.126. The number of nitrogens with zero attached hydrogens (tertiary/aromatic N) is 1. The zero-order chi connectivity index (χ0) is 28.1. The van der Waals surface area contributed by atoms with Gasteiger partial charge < -0.3 is 15.4 Å². The van der Waals surface area contributed by atoms with Crippen molar-refractivity contribution in [2.75, 3.05) is 5.32 Å². The molecule has 2 unspecified atom stereocenters. The van der Waals surface area contributed by atoms with Crippen LogP contribution in [0.5, 0.6) is 0 Å². The maximum Gasteiger partial charge on any atom is 0.411 e. The number of cyclic esters (lactones) is 1. The van der Waals surface area contributed by atoms with E-state index in [0.29, 0.717) is 22.4 Å². The fraction of sp³-hybridized carbons (Fsp3) is 0.156. The van der Waals surface area contributed by atoms with E-state index in [2.05, 4.69) is 10.6 Å². The molecule has 5 rings (SSSR count). The number of halogens is 1. The van der Waals surface area contributed by atoms with Crippen LogP contribution in [0.15, 0.2) is 103 Å². The van der Waals surface area contributed by atoms with Crippen molar-refractivity contribution in [3.63, 3.8) is 0 Å². The molecule has 7 nitrogen and oxygen atoms in total. The van der Waals surface area contributed by atoms with Crippen LogP contribution in [0.25, 0.3) is 0 Å². The number of carbonyl (C=O) groups excluding carboxylic acids is 3. The number of rotatable bonds is 8. The van der Waals surface area contributed by atoms with Crippen molar-refractivity contribution in [2.24, 2.45) is 0 Å². The van der Waals surface area contributed by atoms with Crippen molar-refractivity contribution in [3.8, 4) is 0 Å². The molecule has 1 aliphatic heterocycles. The predicted molar refractivity (Wildman–Crippen MR) is 149 cm³/mol. The van der Waals surface area contributed by atoms with E-state index in [4.69, 9.17) is 4.74 Å². The molecular weight excluding hydrogens is 509 g/mol. The van der Waals surface area contributed by atoms with E-state index < -0.39 is 24.1 Å². The van der Waals surface area contributed by atoms with Crippen LogP contribution in [-0.2, 0) is 22.6 Å². The van der Waals surface area contributed by atoms with E-state index in [1.165, 1.54) is 17.0 Å². The van der Waals surface area contributed by atoms with Crippen molar-refractivity contribution in [3.05, 3.63) is 137 Å². The highest BCUT2D eigenvalue weighted by atomic mass is 19.1. The molecule has 8 heteroatoms. The summed E-state index contributed by atoms with van der Waals surface area (Å²) >= 11 is 0. The Kier molecular flexibility index (Phi) is 7.87. The van der Waals surface area contributed by atoms with Crippen LogP contribution in [0.3, 0.4) is 0 Å². The summed E-state index contributed by atoms with van der Waals surface area (Å²) in [5.41, 5.74) is 4.11. The highest BCUT2D eigenvalue weighted by Gasteiger charge is 2.47. The maximum atomic E-state index is 13.6. The summed E-state index contributed by atoms with van der Waals surface area (Å²) in [5, 5.41) is 5.75. The summed E-state index contributed by atoms with van der Waals surface area (Å²) < 4.78 is 19.1. The Morgan fingerprint density at radius 2 is 1.62 bits per heavy atom. The minimum atomic E-state index is -0.976. The molecule has 3 amide bonds. The minimum absolute atomic E-state index is 0.155. The standard InChI is InChI=1S/C32H28FN3O4/c1-21-7-5-11-25(17-21)30(37)35-27-12-6-10-24(18-27)29-28(31(38)34-19-22-13-15-26(33)16-14-22)36(32(39)40-29)20-23-8-3-2-4-9-23/h2-18,28-29H,19-20H2,1H3,(H,34,38)(H,35,37). The first kappa shape index (κ1) is 26.6. The van der Waals surface area contributed by atoms with E-state index >= 15 is 0 Å². The Balaban J connectivity index is 1.40. The second kappa shape index (κ2) is 11.8. The van der Waals surface area contributed by atoms with Crippen LogP contribution >= 0.6 is 0 Å². The molecule has 4 aromatic carbocycles. The Bertz CT molecular complexity index is 1520. The Morgan fingerprint density at radius 3 is 2.38 bits per heavy atom. The molecule has 2 N–H and O–H groups in total. The first-order valence-electron chi connectivity index (χ1n) is 12.9. The Hall–Kier alpha value is -4.98. The fourth-order valence-corrected chi connectivity index (χ4v) is 4.67. The molecule has 1 fully saturated rings. The van der Waals surface area contributed by atoms with Gasteiger partial charge >= 0.3 is 6.09 Å². The van der Waals surface area contributed by atoms with Gasteiger partial charge in [-0.15, -0.1) is 0 Å². The molecule has 1 aliphatic rings. The second-order valence-electron chi connectivity index (χ2n) is 9.66. The average molecular weight is 538 g/mol. The van der Waals surface area contributed by atoms with Crippen LogP contribution in [0.1, 0.15) is 38.7 Å². The van der Waals surface area contributed by atoms with Gasteiger partial charge in [0.25, 0.3) is 5.91 Å². The first-order valence-corrected chi connectivity index (χ1v) is 12.9. The van der Waals surface area contributed by atoms with Crippen LogP contribution in [0.2, 0.25) is 0 Å². The monoisotopic (exact) mass is 537 g/mol. The molecular formula is C32H28FN3O4. The normalized spacial score (nSPS) is 16.4. The predicted octanol–water partition coefficient (Wildman–Crippen LogP) is 5.76. The third-order valence-corrected chi connectivity index (χ3v) is 6.68. The summed E-state index contributed by atoms with van der Waals surface area (Å²) in [6, 6.07) is 28.4. The lowest BCUT2D eigenvalue weighted by Gasteiger charge is -2.24. The van der Waals surface area contributed by atoms with E-state index in [1.807, 2.05) is 49.4 Å². The largest absolute Gasteiger partial charge is 0.438 e. The number of amides is 3. The van der Waals surface area contributed by atoms with E-state index in [0.717, 1.165) is 11.1 Å². The molecule has 1 heterocycles. The number of hydrogen-bond acceptors (Lipinski definition) is 4. The molecule has 0 bridgehead atoms. The number of nitrogens with one attached hydrogen (secondary N) is 2. The van der Waals surface area contributed by atoms with Crippen LogP contribution in [-0.4, -0.2) is 28.8 Å². The van der Waals surface area contributed by atoms with Gasteiger partial charge in [-0.1, -0.05) is 72.3 Å². The molecule has 0 spiro atoms. The summed E-state index contributed by atoms with van der Waals surface area (Å²) in [6.45, 7) is 2.24. The third kappa shape index (κ3) is 6.18. The number of anilines is 1. The van der Waals surface area contributed by atoms with Crippen molar-refractivity contribution >= 4 is 23.6 Å². The summed E-state index contributed by atoms with van der Waals surface area (Å²) in [5.74, 6) is -1.05. The minimum Gasteiger partial charge on any atom is -0.438 e. The van der Waals surface area contributed by atoms with Crippen molar-refractivity contribution < 1.29 is 23.5 Å². The zero-order valence-corrected chi connectivity index (χ0v) is 21.8. The highest BCUT2D eigenvalue weighted by Crippen LogP contribution is 2.35. The molecule has 0 aromatic heterocycles. The average Bonchev–Trinajstić information content (AvgIpc) is 3.29. The molecule has 0 radical (unpaired) electrons. The maximum absolute atomic E-state index is 13.6. The summed E-state index contributed by atoms with van der Waals surface area (Å²) in [6.07, 6.45) is -1.54. The van der Waals surface area contributed by atoms with E-state index in [1.54, 1.807) is 48.5 Å². The summed E-state index contributed by atoms with van der Waals surface area (Å²) in [4.78, 5) is 40.9. The lowest BCUT2D eigenvalue weighted by atomic mass is 10.00. The van der Waals surface area contributed by atoms with Crippen LogP contribution in [0.4, 0.5) is 14.9 Å². The number of ether oxygens (including phenoxy) is 1. The number of carbonyl (C=O) groups is 3. The molecule has 2 atom stereocenters. The van der Waals surface area contributed by atoms with Crippen molar-refractivity contribution in [1.82, 2.24) is 10.2 Å². The topological polar surface area (TPSA) is 87.7 Å². The molecule has 40 heavy (non-hydrogen) atoms. The van der Waals surface area contributed by atoms with Crippen LogP contribution in [0, 0.1) is 12.7 Å². The molecule has 4 aromatic rings. The SMILES string of the molecule is Cc1cccc(C(=O)Nc2cccc(C3OC(=O)N(Cc4ccccc4)C3C(=O)NCc3ccc(F)cc3)c2)c1. The zero-order valence-electron chi connectivity index (χ0n) is 21.8. The molecule has 0 saturated carbocycles. The van der Waals surface area contributed by atoms with Crippen molar-refractivity contribution in [1.29, 1.82) is 0 Å². The van der Waals surface area contributed by atoms with Gasteiger partial charge in [0, 0.05) is 17.8 Å². The highest BCUT2D eigenvalue weighted by molar-refractivity contribution is 6.04. The van der Waals surface area contributed by atoms with Gasteiger partial charge in [0.15, 0.2) is 12.1 Å². The van der Waals surface area contributed by atoms with E-state index in [-0.39, 0.29) is 24.8 Å². The smallest absolute Gasteiger partial charge is 0.411 e. The van der Waals surface area contributed by atoms with Crippen LogP contribution < -0.4 is 10.6 Å². The lowest BCUT2D eigenvalue weighted by Crippen LogP contribution is -2.46. The van der Waals surface area contributed by atoms with Gasteiger partial charge in [-0.2, -0.15) is 0 Å². The van der Waals surface area contributed by atoms with Gasteiger partial charge in [-0.05, 0) is 60.0 Å². The van der Waals surface area contributed by atoms with Gasteiger partial charge in [-0.25, -0.2) is 9.18 Å². The molecule has 202 valence electrons. The summed E-state index contributed by atoms with van der Waals surface area (Å²) in [7, 11) is 0.